The number of rotatable bonds is 5. The van der Waals surface area contributed by atoms with Crippen LogP contribution in [0, 0.1) is 6.92 Å². The molecule has 0 atom stereocenters. The van der Waals surface area contributed by atoms with Crippen LogP contribution < -0.4 is 14.8 Å². The number of pyridine rings is 1. The largest absolute Gasteiger partial charge is 0.496 e. The number of aromatic nitrogens is 3. The number of hydrogen-bond acceptors (Lipinski definition) is 5. The van der Waals surface area contributed by atoms with Gasteiger partial charge in [0, 0.05) is 12.3 Å². The number of nitrogens with zero attached hydrogens (tertiary/aromatic N) is 3. The third-order valence-electron chi connectivity index (χ3n) is 3.72. The Hall–Kier alpha value is -2.77. The maximum atomic E-state index is 12.9. The second kappa shape index (κ2) is 7.85. The molecule has 27 heavy (non-hydrogen) atoms. The molecule has 9 heteroatoms. The van der Waals surface area contributed by atoms with Crippen molar-refractivity contribution in [3.8, 4) is 17.3 Å². The van der Waals surface area contributed by atoms with E-state index in [1.807, 2.05) is 0 Å². The quantitative estimate of drug-likeness (QED) is 0.688. The number of amides is 1. The van der Waals surface area contributed by atoms with Crippen LogP contribution >= 0.6 is 23.2 Å². The van der Waals surface area contributed by atoms with Gasteiger partial charge in [0.1, 0.15) is 22.9 Å². The SMILES string of the molecule is COc1cccc(OC)c1C(=O)Nc1cc(C)nn1-c1ncc(Cl)cc1Cl. The number of halogens is 2. The summed E-state index contributed by atoms with van der Waals surface area (Å²) in [5, 5.41) is 7.86. The molecule has 1 amide bonds. The average molecular weight is 407 g/mol. The first kappa shape index (κ1) is 19.0. The molecule has 7 nitrogen and oxygen atoms in total. The van der Waals surface area contributed by atoms with Gasteiger partial charge in [-0.05, 0) is 25.1 Å². The van der Waals surface area contributed by atoms with E-state index in [0.717, 1.165) is 0 Å². The summed E-state index contributed by atoms with van der Waals surface area (Å²) < 4.78 is 12.0. The van der Waals surface area contributed by atoms with Crippen molar-refractivity contribution in [2.45, 2.75) is 6.92 Å². The number of hydrogen-bond donors (Lipinski definition) is 1. The minimum atomic E-state index is -0.421. The highest BCUT2D eigenvalue weighted by Gasteiger charge is 2.21. The van der Waals surface area contributed by atoms with Gasteiger partial charge in [0.25, 0.3) is 5.91 Å². The van der Waals surface area contributed by atoms with Gasteiger partial charge < -0.3 is 14.8 Å². The van der Waals surface area contributed by atoms with E-state index in [1.165, 1.54) is 25.1 Å². The predicted octanol–water partition coefficient (Wildman–Crippen LogP) is 4.15. The van der Waals surface area contributed by atoms with Gasteiger partial charge in [-0.2, -0.15) is 9.78 Å². The van der Waals surface area contributed by atoms with Crippen molar-refractivity contribution in [1.29, 1.82) is 0 Å². The van der Waals surface area contributed by atoms with Crippen LogP contribution in [0.5, 0.6) is 11.5 Å². The van der Waals surface area contributed by atoms with Crippen LogP contribution in [-0.4, -0.2) is 34.9 Å². The summed E-state index contributed by atoms with van der Waals surface area (Å²) in [7, 11) is 2.97. The lowest BCUT2D eigenvalue weighted by atomic mass is 10.1. The zero-order valence-corrected chi connectivity index (χ0v) is 16.3. The minimum absolute atomic E-state index is 0.267. The minimum Gasteiger partial charge on any atom is -0.496 e. The molecule has 0 unspecified atom stereocenters. The summed E-state index contributed by atoms with van der Waals surface area (Å²) in [6.07, 6.45) is 1.45. The number of carbonyl (C=O) groups excluding carboxylic acids is 1. The van der Waals surface area contributed by atoms with Gasteiger partial charge in [0.15, 0.2) is 5.82 Å². The van der Waals surface area contributed by atoms with Crippen LogP contribution in [0.2, 0.25) is 10.0 Å². The summed E-state index contributed by atoms with van der Waals surface area (Å²) in [5.74, 6) is 1.09. The Morgan fingerprint density at radius 1 is 1.15 bits per heavy atom. The lowest BCUT2D eigenvalue weighted by Gasteiger charge is -2.14. The Bertz CT molecular complexity index is 982. The van der Waals surface area contributed by atoms with Crippen molar-refractivity contribution in [1.82, 2.24) is 14.8 Å². The maximum Gasteiger partial charge on any atom is 0.264 e. The normalized spacial score (nSPS) is 10.6. The Morgan fingerprint density at radius 2 is 1.81 bits per heavy atom. The molecule has 0 saturated carbocycles. The number of aryl methyl sites for hydroxylation is 1. The van der Waals surface area contributed by atoms with Gasteiger partial charge in [-0.15, -0.1) is 0 Å². The zero-order valence-electron chi connectivity index (χ0n) is 14.8. The summed E-state index contributed by atoms with van der Waals surface area (Å²) in [4.78, 5) is 17.1. The van der Waals surface area contributed by atoms with Crippen molar-refractivity contribution in [2.24, 2.45) is 0 Å². The molecule has 0 aliphatic rings. The van der Waals surface area contributed by atoms with Crippen molar-refractivity contribution >= 4 is 34.9 Å². The smallest absolute Gasteiger partial charge is 0.264 e. The molecular weight excluding hydrogens is 391 g/mol. The topological polar surface area (TPSA) is 78.3 Å². The van der Waals surface area contributed by atoms with E-state index in [-0.39, 0.29) is 5.56 Å². The standard InChI is InChI=1S/C18H16Cl2N4O3/c1-10-7-15(24(23-10)17-12(20)8-11(19)9-21-17)22-18(25)16-13(26-2)5-4-6-14(16)27-3/h4-9H,1-3H3,(H,22,25). The second-order valence-corrected chi connectivity index (χ2v) is 6.38. The van der Waals surface area contributed by atoms with E-state index in [0.29, 0.717) is 38.9 Å². The number of carbonyl (C=O) groups is 1. The monoisotopic (exact) mass is 406 g/mol. The lowest BCUT2D eigenvalue weighted by molar-refractivity contribution is 0.102. The fourth-order valence-electron chi connectivity index (χ4n) is 2.57. The van der Waals surface area contributed by atoms with E-state index in [4.69, 9.17) is 32.7 Å². The van der Waals surface area contributed by atoms with Gasteiger partial charge in [0.2, 0.25) is 0 Å². The van der Waals surface area contributed by atoms with E-state index in [9.17, 15) is 4.79 Å². The molecule has 3 aromatic rings. The summed E-state index contributed by atoms with van der Waals surface area (Å²) in [5.41, 5.74) is 0.938. The molecule has 0 saturated heterocycles. The highest BCUT2D eigenvalue weighted by molar-refractivity contribution is 6.35. The van der Waals surface area contributed by atoms with Crippen LogP contribution in [0.25, 0.3) is 5.82 Å². The molecule has 0 aliphatic heterocycles. The van der Waals surface area contributed by atoms with Crippen LogP contribution in [0.15, 0.2) is 36.5 Å². The predicted molar refractivity (Wildman–Crippen MR) is 104 cm³/mol. The molecule has 1 N–H and O–H groups in total. The fourth-order valence-corrected chi connectivity index (χ4v) is 3.03. The third kappa shape index (κ3) is 3.84. The molecule has 0 radical (unpaired) electrons. The van der Waals surface area contributed by atoms with Gasteiger partial charge in [0.05, 0.1) is 30.0 Å². The van der Waals surface area contributed by atoms with Crippen molar-refractivity contribution in [2.75, 3.05) is 19.5 Å². The molecule has 0 aliphatic carbocycles. The van der Waals surface area contributed by atoms with E-state index in [1.54, 1.807) is 37.3 Å². The van der Waals surface area contributed by atoms with Gasteiger partial charge >= 0.3 is 0 Å². The number of benzene rings is 1. The number of nitrogens with one attached hydrogen (secondary N) is 1. The zero-order chi connectivity index (χ0) is 19.6. The number of anilines is 1. The van der Waals surface area contributed by atoms with E-state index < -0.39 is 5.91 Å². The Labute approximate surface area is 165 Å². The van der Waals surface area contributed by atoms with Crippen molar-refractivity contribution in [3.63, 3.8) is 0 Å². The van der Waals surface area contributed by atoms with Crippen LogP contribution in [0.4, 0.5) is 5.82 Å². The fraction of sp³-hybridized carbons (Fsp3) is 0.167. The summed E-state index contributed by atoms with van der Waals surface area (Å²) in [6, 6.07) is 8.35. The van der Waals surface area contributed by atoms with Crippen LogP contribution in [0.3, 0.4) is 0 Å². The van der Waals surface area contributed by atoms with Gasteiger partial charge in [-0.25, -0.2) is 4.98 Å². The first-order valence-corrected chi connectivity index (χ1v) is 8.60. The maximum absolute atomic E-state index is 12.9. The molecule has 2 heterocycles. The Morgan fingerprint density at radius 3 is 2.41 bits per heavy atom. The Kier molecular flexibility index (Phi) is 5.53. The van der Waals surface area contributed by atoms with E-state index in [2.05, 4.69) is 15.4 Å². The first-order valence-electron chi connectivity index (χ1n) is 7.85. The average Bonchev–Trinajstić information content (AvgIpc) is 3.00. The molecule has 0 fully saturated rings. The second-order valence-electron chi connectivity index (χ2n) is 5.53. The van der Waals surface area contributed by atoms with Crippen molar-refractivity contribution < 1.29 is 14.3 Å². The molecule has 140 valence electrons. The third-order valence-corrected chi connectivity index (χ3v) is 4.20. The molecule has 0 bridgehead atoms. The van der Waals surface area contributed by atoms with Crippen molar-refractivity contribution in [3.05, 3.63) is 57.8 Å². The Balaban J connectivity index is 2.02. The first-order chi connectivity index (χ1) is 12.9. The molecule has 0 spiro atoms. The molecule has 3 rings (SSSR count). The highest BCUT2D eigenvalue weighted by atomic mass is 35.5. The number of ether oxygens (including phenoxy) is 2. The van der Waals surface area contributed by atoms with E-state index >= 15 is 0 Å². The lowest BCUT2D eigenvalue weighted by Crippen LogP contribution is -2.17. The molecule has 2 aromatic heterocycles. The molecule has 1 aromatic carbocycles. The summed E-state index contributed by atoms with van der Waals surface area (Å²) in [6.45, 7) is 1.79. The molecular formula is C18H16Cl2N4O3. The van der Waals surface area contributed by atoms with Gasteiger partial charge in [-0.1, -0.05) is 29.3 Å². The highest BCUT2D eigenvalue weighted by Crippen LogP contribution is 2.30. The van der Waals surface area contributed by atoms with Gasteiger partial charge in [-0.3, -0.25) is 4.79 Å². The van der Waals surface area contributed by atoms with Crippen LogP contribution in [-0.2, 0) is 0 Å². The number of methoxy groups -OCH3 is 2. The van der Waals surface area contributed by atoms with Crippen LogP contribution in [0.1, 0.15) is 16.1 Å². The summed E-state index contributed by atoms with van der Waals surface area (Å²) >= 11 is 12.1.